The van der Waals surface area contributed by atoms with E-state index in [-0.39, 0.29) is 34.1 Å². The van der Waals surface area contributed by atoms with Gasteiger partial charge in [0.15, 0.2) is 0 Å². The van der Waals surface area contributed by atoms with E-state index in [0.29, 0.717) is 66.9 Å². The van der Waals surface area contributed by atoms with E-state index in [2.05, 4.69) is 18.2 Å². The van der Waals surface area contributed by atoms with Crippen molar-refractivity contribution in [1.29, 1.82) is 15.8 Å². The minimum Gasteiger partial charge on any atom is -0.308 e. The minimum atomic E-state index is -5.09. The van der Waals surface area contributed by atoms with Crippen LogP contribution in [0.3, 0.4) is 0 Å². The van der Waals surface area contributed by atoms with Crippen molar-refractivity contribution in [2.45, 2.75) is 12.4 Å². The summed E-state index contributed by atoms with van der Waals surface area (Å²) >= 11 is 0. The molecule has 0 radical (unpaired) electrons. The fourth-order valence-electron chi connectivity index (χ4n) is 6.97. The summed E-state index contributed by atoms with van der Waals surface area (Å²) < 4.78 is 88.3. The third kappa shape index (κ3) is 5.01. The highest BCUT2D eigenvalue weighted by Gasteiger charge is 2.37. The summed E-state index contributed by atoms with van der Waals surface area (Å²) in [5, 5.41) is 33.0. The molecule has 0 N–H and O–H groups in total. The van der Waals surface area contributed by atoms with Crippen molar-refractivity contribution in [2.24, 2.45) is 0 Å². The normalized spacial score (nSPS) is 12.0. The van der Waals surface area contributed by atoms with E-state index in [1.807, 2.05) is 12.1 Å². The van der Waals surface area contributed by atoms with Gasteiger partial charge in [-0.05, 0) is 90.0 Å². The molecule has 0 aliphatic rings. The Labute approximate surface area is 290 Å². The van der Waals surface area contributed by atoms with Crippen molar-refractivity contribution in [1.82, 2.24) is 9.13 Å². The Bertz CT molecular complexity index is 2740. The van der Waals surface area contributed by atoms with Gasteiger partial charge in [0.1, 0.15) is 11.6 Å². The van der Waals surface area contributed by atoms with Crippen molar-refractivity contribution < 1.29 is 26.3 Å². The second kappa shape index (κ2) is 11.5. The summed E-state index contributed by atoms with van der Waals surface area (Å²) in [7, 11) is 0. The number of alkyl halides is 6. The largest absolute Gasteiger partial charge is 0.416 e. The molecular weight excluding hydrogens is 676 g/mol. The van der Waals surface area contributed by atoms with Crippen LogP contribution in [0, 0.1) is 34.0 Å². The van der Waals surface area contributed by atoms with Crippen molar-refractivity contribution in [2.75, 3.05) is 0 Å². The number of benzene rings is 6. The van der Waals surface area contributed by atoms with E-state index in [9.17, 15) is 42.1 Å². The molecule has 0 saturated heterocycles. The second-order valence-corrected chi connectivity index (χ2v) is 12.2. The van der Waals surface area contributed by atoms with Crippen LogP contribution in [0.5, 0.6) is 0 Å². The first-order valence-corrected chi connectivity index (χ1v) is 15.7. The van der Waals surface area contributed by atoms with Crippen LogP contribution in [0.2, 0.25) is 0 Å². The van der Waals surface area contributed by atoms with E-state index in [4.69, 9.17) is 0 Å². The number of fused-ring (bicyclic) bond motifs is 6. The van der Waals surface area contributed by atoms with E-state index in [1.165, 1.54) is 12.1 Å². The zero-order chi connectivity index (χ0) is 36.5. The van der Waals surface area contributed by atoms with Gasteiger partial charge in [-0.2, -0.15) is 42.1 Å². The predicted molar refractivity (Wildman–Crippen MR) is 185 cm³/mol. The molecule has 0 atom stereocenters. The molecule has 2 heterocycles. The Morgan fingerprint density at radius 1 is 0.423 bits per heavy atom. The van der Waals surface area contributed by atoms with Gasteiger partial charge in [0.25, 0.3) is 0 Å². The van der Waals surface area contributed by atoms with Crippen LogP contribution in [0.4, 0.5) is 26.3 Å². The number of halogens is 6. The molecule has 0 amide bonds. The third-order valence-corrected chi connectivity index (χ3v) is 9.21. The van der Waals surface area contributed by atoms with E-state index in [1.54, 1.807) is 81.9 Å². The summed E-state index contributed by atoms with van der Waals surface area (Å²) in [4.78, 5) is 0. The average molecular weight is 696 g/mol. The van der Waals surface area contributed by atoms with Gasteiger partial charge in [-0.3, -0.25) is 0 Å². The fraction of sp³-hybridized carbons (Fsp3) is 0.0488. The van der Waals surface area contributed by atoms with Crippen LogP contribution >= 0.6 is 0 Å². The third-order valence-electron chi connectivity index (χ3n) is 9.21. The SMILES string of the molecule is N#Cc1ccc2c(c1)c1ccccc1n2-c1cc(-c2cc(C(F)(F)F)cc(C(F)(F)F)c2)cc(-n2c3ccccc3c3cc(C#N)ccc32)c1C#N. The molecule has 0 spiro atoms. The van der Waals surface area contributed by atoms with Crippen LogP contribution < -0.4 is 0 Å². The number of rotatable bonds is 3. The van der Waals surface area contributed by atoms with Crippen molar-refractivity contribution in [3.63, 3.8) is 0 Å². The first-order valence-electron chi connectivity index (χ1n) is 15.7. The zero-order valence-corrected chi connectivity index (χ0v) is 26.5. The molecule has 8 aromatic rings. The Kier molecular flexibility index (Phi) is 7.13. The van der Waals surface area contributed by atoms with Crippen molar-refractivity contribution in [3.05, 3.63) is 143 Å². The summed E-state index contributed by atoms with van der Waals surface area (Å²) in [6.07, 6.45) is -10.2. The van der Waals surface area contributed by atoms with Gasteiger partial charge < -0.3 is 9.13 Å². The number of nitrogens with zero attached hydrogens (tertiary/aromatic N) is 5. The quantitative estimate of drug-likeness (QED) is 0.173. The fourth-order valence-corrected chi connectivity index (χ4v) is 6.97. The maximum Gasteiger partial charge on any atom is 0.416 e. The molecule has 5 nitrogen and oxygen atoms in total. The number of nitriles is 3. The topological polar surface area (TPSA) is 81.2 Å². The monoisotopic (exact) mass is 695 g/mol. The molecule has 250 valence electrons. The van der Waals surface area contributed by atoms with Gasteiger partial charge >= 0.3 is 12.4 Å². The molecule has 0 saturated carbocycles. The Morgan fingerprint density at radius 3 is 1.23 bits per heavy atom. The lowest BCUT2D eigenvalue weighted by Gasteiger charge is -2.19. The number of hydrogen-bond acceptors (Lipinski definition) is 3. The van der Waals surface area contributed by atoms with Gasteiger partial charge in [0, 0.05) is 21.5 Å². The highest BCUT2D eigenvalue weighted by molar-refractivity contribution is 6.11. The standard InChI is InChI=1S/C41H19F6N5/c42-40(43,44)27-15-25(16-28(19-27)41(45,46)47)26-17-38(51-34-7-3-1-5-29(34)31-13-23(20-48)9-11-36(31)51)33(22-50)39(18-26)52-35-8-4-2-6-30(35)32-14-24(21-49)10-12-37(32)52/h1-19H. The number of aromatic nitrogens is 2. The van der Waals surface area contributed by atoms with Crippen LogP contribution in [0.1, 0.15) is 27.8 Å². The molecule has 52 heavy (non-hydrogen) atoms. The minimum absolute atomic E-state index is 0.0141. The molecule has 6 aromatic carbocycles. The van der Waals surface area contributed by atoms with Gasteiger partial charge in [0.2, 0.25) is 0 Å². The molecule has 0 aliphatic carbocycles. The van der Waals surface area contributed by atoms with Gasteiger partial charge in [0.05, 0.1) is 67.8 Å². The lowest BCUT2D eigenvalue weighted by Crippen LogP contribution is -2.11. The number of para-hydroxylation sites is 2. The smallest absolute Gasteiger partial charge is 0.308 e. The molecule has 0 bridgehead atoms. The molecule has 11 heteroatoms. The summed E-state index contributed by atoms with van der Waals surface area (Å²) in [5.41, 5.74) is 0.153. The number of hydrogen-bond donors (Lipinski definition) is 0. The second-order valence-electron chi connectivity index (χ2n) is 12.2. The molecule has 2 aromatic heterocycles. The highest BCUT2D eigenvalue weighted by Crippen LogP contribution is 2.43. The van der Waals surface area contributed by atoms with Crippen LogP contribution in [0.25, 0.3) is 66.1 Å². The van der Waals surface area contributed by atoms with Crippen molar-refractivity contribution >= 4 is 43.6 Å². The summed E-state index contributed by atoms with van der Waals surface area (Å²) in [5.74, 6) is 0. The molecular formula is C41H19F6N5. The van der Waals surface area contributed by atoms with Crippen molar-refractivity contribution in [3.8, 4) is 40.7 Å². The maximum absolute atomic E-state index is 14.1. The maximum atomic E-state index is 14.1. The molecule has 8 rings (SSSR count). The molecule has 0 aliphatic heterocycles. The zero-order valence-electron chi connectivity index (χ0n) is 26.5. The molecule has 0 fully saturated rings. The Morgan fingerprint density at radius 2 is 0.827 bits per heavy atom. The first-order chi connectivity index (χ1) is 24.9. The molecule has 0 unspecified atom stereocenters. The van der Waals surface area contributed by atoms with Gasteiger partial charge in [-0.1, -0.05) is 36.4 Å². The Hall–Kier alpha value is -7.03. The first kappa shape index (κ1) is 32.2. The lowest BCUT2D eigenvalue weighted by molar-refractivity contribution is -0.143. The van der Waals surface area contributed by atoms with Crippen LogP contribution in [-0.4, -0.2) is 9.13 Å². The predicted octanol–water partition coefficient (Wildman–Crippen LogP) is 11.2. The Balaban J connectivity index is 1.57. The van der Waals surface area contributed by atoms with Crippen LogP contribution in [0.15, 0.2) is 115 Å². The summed E-state index contributed by atoms with van der Waals surface area (Å²) in [6.45, 7) is 0. The van der Waals surface area contributed by atoms with Crippen LogP contribution in [-0.2, 0) is 12.4 Å². The van der Waals surface area contributed by atoms with E-state index >= 15 is 0 Å². The van der Waals surface area contributed by atoms with E-state index < -0.39 is 23.5 Å². The van der Waals surface area contributed by atoms with Gasteiger partial charge in [-0.15, -0.1) is 0 Å². The highest BCUT2D eigenvalue weighted by atomic mass is 19.4. The van der Waals surface area contributed by atoms with E-state index in [0.717, 1.165) is 0 Å². The lowest BCUT2D eigenvalue weighted by atomic mass is 9.96. The summed E-state index contributed by atoms with van der Waals surface area (Å²) in [6, 6.07) is 35.1. The average Bonchev–Trinajstić information content (AvgIpc) is 3.65. The van der Waals surface area contributed by atoms with Gasteiger partial charge in [-0.25, -0.2) is 0 Å².